The third-order valence-corrected chi connectivity index (χ3v) is 6.37. The molecule has 2 aromatic rings. The van der Waals surface area contributed by atoms with Crippen molar-refractivity contribution in [1.29, 1.82) is 0 Å². The second-order valence-electron chi connectivity index (χ2n) is 10.6. The van der Waals surface area contributed by atoms with Gasteiger partial charge in [-0.2, -0.15) is 0 Å². The summed E-state index contributed by atoms with van der Waals surface area (Å²) < 4.78 is 40.9. The van der Waals surface area contributed by atoms with Gasteiger partial charge < -0.3 is 20.1 Å². The predicted octanol–water partition coefficient (Wildman–Crippen LogP) is 4.29. The molecule has 10 heteroatoms. The zero-order valence-corrected chi connectivity index (χ0v) is 21.5. The van der Waals surface area contributed by atoms with Crippen LogP contribution in [0.3, 0.4) is 0 Å². The highest BCUT2D eigenvalue weighted by Crippen LogP contribution is 2.43. The van der Waals surface area contributed by atoms with Gasteiger partial charge in [-0.1, -0.05) is 12.2 Å². The van der Waals surface area contributed by atoms with Gasteiger partial charge in [0.05, 0.1) is 18.3 Å². The van der Waals surface area contributed by atoms with Crippen molar-refractivity contribution in [3.63, 3.8) is 0 Å². The lowest BCUT2D eigenvalue weighted by molar-refractivity contribution is 0.0502. The van der Waals surface area contributed by atoms with E-state index in [1.807, 2.05) is 0 Å². The topological polar surface area (TPSA) is 98.1 Å². The van der Waals surface area contributed by atoms with Crippen molar-refractivity contribution in [2.24, 2.45) is 0 Å². The number of amides is 1. The number of ether oxygens (including phenoxy) is 2. The van der Waals surface area contributed by atoms with Crippen molar-refractivity contribution in [2.75, 3.05) is 13.2 Å². The number of alkyl carbamates (subject to hydrolysis) is 1. The molecule has 2 unspecified atom stereocenters. The molecule has 3 heterocycles. The van der Waals surface area contributed by atoms with E-state index in [0.29, 0.717) is 24.9 Å². The van der Waals surface area contributed by atoms with Crippen LogP contribution in [-0.2, 0) is 9.47 Å². The maximum atomic E-state index is 15.0. The lowest BCUT2D eigenvalue weighted by atomic mass is 10.0. The van der Waals surface area contributed by atoms with Gasteiger partial charge in [0.15, 0.2) is 11.6 Å². The minimum absolute atomic E-state index is 0.0140. The maximum Gasteiger partial charge on any atom is 0.407 e. The maximum absolute atomic E-state index is 15.0. The monoisotopic (exact) mass is 517 g/mol. The number of fused-ring (bicyclic) bond motifs is 1. The number of nitrogens with one attached hydrogen (secondary N) is 2. The van der Waals surface area contributed by atoms with Gasteiger partial charge in [0.1, 0.15) is 11.2 Å². The summed E-state index contributed by atoms with van der Waals surface area (Å²) in [6.45, 7) is 7.67. The van der Waals surface area contributed by atoms with E-state index in [1.54, 1.807) is 33.8 Å². The molecule has 0 bridgehead atoms. The standard InChI is InChI=1S/C27H33F2N3O5/c1-5-36-25(34)20-12-19(15-9-10-15)23-18(22(29)21(28)14-32(23)24(20)33)8-6-7-16-11-17(13-30-16)31-26(35)37-27(2,3)4/h6,8,12,14-17,30H,5,7,9-11,13H2,1-4H3,(H,31,35). The van der Waals surface area contributed by atoms with Crippen molar-refractivity contribution in [1.82, 2.24) is 15.0 Å². The number of pyridine rings is 2. The van der Waals surface area contributed by atoms with Crippen molar-refractivity contribution in [3.05, 3.63) is 57.0 Å². The van der Waals surface area contributed by atoms with Gasteiger partial charge >= 0.3 is 12.1 Å². The van der Waals surface area contributed by atoms with E-state index >= 15 is 4.39 Å². The van der Waals surface area contributed by atoms with Crippen LogP contribution >= 0.6 is 0 Å². The Morgan fingerprint density at radius 2 is 2.00 bits per heavy atom. The molecule has 4 rings (SSSR count). The van der Waals surface area contributed by atoms with Crippen molar-refractivity contribution < 1.29 is 27.8 Å². The molecule has 2 aliphatic rings. The quantitative estimate of drug-likeness (QED) is 0.532. The highest BCUT2D eigenvalue weighted by Gasteiger charge is 2.31. The molecule has 1 aliphatic heterocycles. The Labute approximate surface area is 214 Å². The van der Waals surface area contributed by atoms with Crippen molar-refractivity contribution in [3.8, 4) is 0 Å². The van der Waals surface area contributed by atoms with Crippen LogP contribution < -0.4 is 16.2 Å². The molecule has 1 amide bonds. The molecular formula is C27H33F2N3O5. The number of hydrogen-bond acceptors (Lipinski definition) is 6. The van der Waals surface area contributed by atoms with Crippen molar-refractivity contribution >= 4 is 23.7 Å². The Morgan fingerprint density at radius 1 is 1.27 bits per heavy atom. The second-order valence-corrected chi connectivity index (χ2v) is 10.6. The summed E-state index contributed by atoms with van der Waals surface area (Å²) in [5, 5.41) is 6.15. The number of hydrogen-bond donors (Lipinski definition) is 2. The summed E-state index contributed by atoms with van der Waals surface area (Å²) >= 11 is 0. The van der Waals surface area contributed by atoms with Gasteiger partial charge in [0, 0.05) is 24.2 Å². The van der Waals surface area contributed by atoms with Gasteiger partial charge in [-0.05, 0) is 70.9 Å². The molecule has 2 aromatic heterocycles. The smallest absolute Gasteiger partial charge is 0.407 e. The summed E-state index contributed by atoms with van der Waals surface area (Å²) in [6.07, 6.45) is 6.33. The minimum Gasteiger partial charge on any atom is -0.462 e. The van der Waals surface area contributed by atoms with E-state index in [0.717, 1.165) is 23.4 Å². The van der Waals surface area contributed by atoms with Crippen molar-refractivity contribution in [2.45, 2.75) is 77.0 Å². The summed E-state index contributed by atoms with van der Waals surface area (Å²) in [7, 11) is 0. The highest BCUT2D eigenvalue weighted by molar-refractivity contribution is 5.90. The fourth-order valence-electron chi connectivity index (χ4n) is 4.61. The average Bonchev–Trinajstić information content (AvgIpc) is 3.56. The number of carbonyl (C=O) groups excluding carboxylic acids is 2. The number of halogens is 2. The molecule has 37 heavy (non-hydrogen) atoms. The predicted molar refractivity (Wildman–Crippen MR) is 135 cm³/mol. The largest absolute Gasteiger partial charge is 0.462 e. The van der Waals surface area contributed by atoms with Crippen LogP contribution in [0.2, 0.25) is 0 Å². The van der Waals surface area contributed by atoms with Gasteiger partial charge in [-0.25, -0.2) is 18.4 Å². The molecule has 0 radical (unpaired) electrons. The molecule has 2 N–H and O–H groups in total. The van der Waals surface area contributed by atoms with Gasteiger partial charge in [0.2, 0.25) is 0 Å². The summed E-state index contributed by atoms with van der Waals surface area (Å²) in [6, 6.07) is 1.37. The molecule has 0 spiro atoms. The molecule has 0 aromatic carbocycles. The fraction of sp³-hybridized carbons (Fsp3) is 0.519. The van der Waals surface area contributed by atoms with Crippen LogP contribution in [0.25, 0.3) is 11.6 Å². The molecule has 1 saturated heterocycles. The van der Waals surface area contributed by atoms with Crippen LogP contribution in [0.5, 0.6) is 0 Å². The number of aromatic nitrogens is 1. The van der Waals surface area contributed by atoms with Crippen LogP contribution in [0.15, 0.2) is 23.1 Å². The third kappa shape index (κ3) is 6.18. The van der Waals surface area contributed by atoms with Gasteiger partial charge in [0.25, 0.3) is 5.56 Å². The minimum atomic E-state index is -1.18. The molecule has 1 aliphatic carbocycles. The van der Waals surface area contributed by atoms with E-state index in [-0.39, 0.29) is 41.3 Å². The second kappa shape index (κ2) is 10.6. The Hall–Kier alpha value is -3.27. The molecule has 200 valence electrons. The average molecular weight is 518 g/mol. The molecule has 2 atom stereocenters. The van der Waals surface area contributed by atoms with Crippen LogP contribution in [0.1, 0.15) is 80.8 Å². The van der Waals surface area contributed by atoms with Gasteiger partial charge in [-0.3, -0.25) is 9.20 Å². The van der Waals surface area contributed by atoms with E-state index in [4.69, 9.17) is 9.47 Å². The first-order chi connectivity index (χ1) is 17.5. The lowest BCUT2D eigenvalue weighted by Crippen LogP contribution is -2.40. The SMILES string of the molecule is CCOC(=O)c1cc(C2CC2)c2c(C=CCC3CC(NC(=O)OC(C)(C)C)CN3)c(F)c(F)cn2c1=O. The first-order valence-electron chi connectivity index (χ1n) is 12.6. The molecule has 2 fully saturated rings. The lowest BCUT2D eigenvalue weighted by Gasteiger charge is -2.21. The fourth-order valence-corrected chi connectivity index (χ4v) is 4.61. The zero-order chi connectivity index (χ0) is 26.9. The summed E-state index contributed by atoms with van der Waals surface area (Å²) in [5.41, 5.74) is -0.674. The van der Waals surface area contributed by atoms with E-state index in [1.165, 1.54) is 12.1 Å². The van der Waals surface area contributed by atoms with Crippen LogP contribution in [0, 0.1) is 11.6 Å². The van der Waals surface area contributed by atoms with Gasteiger partial charge in [-0.15, -0.1) is 0 Å². The van der Waals surface area contributed by atoms with E-state index < -0.39 is 34.9 Å². The van der Waals surface area contributed by atoms with E-state index in [9.17, 15) is 18.8 Å². The Bertz CT molecular complexity index is 1290. The molecule has 8 nitrogen and oxygen atoms in total. The number of esters is 1. The summed E-state index contributed by atoms with van der Waals surface area (Å²) in [5.74, 6) is -2.97. The first-order valence-corrected chi connectivity index (χ1v) is 12.6. The number of nitrogens with zero attached hydrogens (tertiary/aromatic N) is 1. The van der Waals surface area contributed by atoms with Crippen LogP contribution in [0.4, 0.5) is 13.6 Å². The van der Waals surface area contributed by atoms with Crippen LogP contribution in [-0.4, -0.2) is 47.3 Å². The normalized spacial score (nSPS) is 19.9. The zero-order valence-electron chi connectivity index (χ0n) is 21.5. The molecule has 1 saturated carbocycles. The number of carbonyl (C=O) groups is 2. The third-order valence-electron chi connectivity index (χ3n) is 6.37. The molecular weight excluding hydrogens is 484 g/mol. The Balaban J connectivity index is 1.57. The van der Waals surface area contributed by atoms with E-state index in [2.05, 4.69) is 10.6 Å². The highest BCUT2D eigenvalue weighted by atomic mass is 19.2. The Kier molecular flexibility index (Phi) is 7.68. The first kappa shape index (κ1) is 26.8. The summed E-state index contributed by atoms with van der Waals surface area (Å²) in [4.78, 5) is 37.4. The number of rotatable bonds is 7. The Morgan fingerprint density at radius 3 is 2.65 bits per heavy atom.